The van der Waals surface area contributed by atoms with E-state index in [2.05, 4.69) is 39.1 Å². The lowest BCUT2D eigenvalue weighted by Crippen LogP contribution is -2.16. The predicted octanol–water partition coefficient (Wildman–Crippen LogP) is 1.23. The Morgan fingerprint density at radius 3 is 1.85 bits per heavy atom. The molecule has 8 heteroatoms. The first-order chi connectivity index (χ1) is 9.81. The van der Waals surface area contributed by atoms with Gasteiger partial charge in [-0.25, -0.2) is 29.7 Å². The van der Waals surface area contributed by atoms with Crippen molar-refractivity contribution in [1.29, 1.82) is 0 Å². The van der Waals surface area contributed by atoms with E-state index in [0.717, 1.165) is 0 Å². The first-order valence-electron chi connectivity index (χ1n) is 5.94. The molecule has 0 aliphatic heterocycles. The normalized spacial score (nSPS) is 11.6. The minimum Gasteiger partial charge on any atom is -0.383 e. The lowest BCUT2D eigenvalue weighted by atomic mass is 10.3. The van der Waals surface area contributed by atoms with E-state index in [1.165, 1.54) is 12.7 Å². The van der Waals surface area contributed by atoms with Gasteiger partial charge in [0.25, 0.3) is 0 Å². The van der Waals surface area contributed by atoms with Crippen LogP contribution in [0.2, 0.25) is 0 Å². The van der Waals surface area contributed by atoms with Gasteiger partial charge in [-0.05, 0) is 9.39 Å². The average Bonchev–Trinajstić information content (AvgIpc) is 2.56. The molecular formula is C12H16N7P. The molecule has 1 unspecified atom stereocenters. The van der Waals surface area contributed by atoms with Crippen LogP contribution in [0.5, 0.6) is 0 Å². The van der Waals surface area contributed by atoms with Crippen LogP contribution in [0.15, 0.2) is 47.2 Å². The second kappa shape index (κ2) is 8.77. The van der Waals surface area contributed by atoms with Crippen molar-refractivity contribution >= 4 is 21.1 Å². The summed E-state index contributed by atoms with van der Waals surface area (Å²) in [4.78, 5) is 19.7. The largest absolute Gasteiger partial charge is 0.383 e. The van der Waals surface area contributed by atoms with Gasteiger partial charge in [-0.1, -0.05) is 13.8 Å². The number of aromatic nitrogens is 4. The first-order valence-corrected chi connectivity index (χ1v) is 6.45. The van der Waals surface area contributed by atoms with Crippen molar-refractivity contribution in [1.82, 2.24) is 19.9 Å². The summed E-state index contributed by atoms with van der Waals surface area (Å²) in [7, 11) is 2.23. The number of hydrogen-bond acceptors (Lipinski definition) is 5. The van der Waals surface area contributed by atoms with Gasteiger partial charge in [0.2, 0.25) is 0 Å². The smallest absolute Gasteiger partial charge is 0.163 e. The molecule has 0 radical (unpaired) electrons. The fourth-order valence-electron chi connectivity index (χ4n) is 1.19. The van der Waals surface area contributed by atoms with Crippen molar-refractivity contribution in [2.24, 2.45) is 15.5 Å². The van der Waals surface area contributed by atoms with E-state index in [-0.39, 0.29) is 5.84 Å². The molecule has 0 spiro atoms. The molecule has 1 atom stereocenters. The zero-order valence-electron chi connectivity index (χ0n) is 11.3. The maximum absolute atomic E-state index is 5.85. The van der Waals surface area contributed by atoms with Crippen molar-refractivity contribution in [2.75, 3.05) is 0 Å². The van der Waals surface area contributed by atoms with Crippen LogP contribution in [0.25, 0.3) is 0 Å². The van der Waals surface area contributed by atoms with E-state index >= 15 is 0 Å². The van der Waals surface area contributed by atoms with Crippen molar-refractivity contribution in [3.63, 3.8) is 0 Å². The van der Waals surface area contributed by atoms with Gasteiger partial charge in [0.15, 0.2) is 5.84 Å². The van der Waals surface area contributed by atoms with Crippen LogP contribution >= 0.6 is 9.39 Å². The van der Waals surface area contributed by atoms with E-state index in [0.29, 0.717) is 17.0 Å². The highest BCUT2D eigenvalue weighted by atomic mass is 31.0. The summed E-state index contributed by atoms with van der Waals surface area (Å²) in [5.41, 5.74) is 7.15. The van der Waals surface area contributed by atoms with E-state index in [1.807, 2.05) is 13.8 Å². The van der Waals surface area contributed by atoms with Gasteiger partial charge in [0, 0.05) is 24.8 Å². The van der Waals surface area contributed by atoms with Crippen molar-refractivity contribution in [3.8, 4) is 0 Å². The fourth-order valence-corrected chi connectivity index (χ4v) is 1.40. The molecule has 0 fully saturated rings. The Bertz CT molecular complexity index is 569. The molecule has 0 aromatic carbocycles. The van der Waals surface area contributed by atoms with Crippen LogP contribution in [-0.2, 0) is 0 Å². The highest BCUT2D eigenvalue weighted by Gasteiger charge is 2.04. The summed E-state index contributed by atoms with van der Waals surface area (Å²) in [5, 5.41) is 0. The molecule has 20 heavy (non-hydrogen) atoms. The van der Waals surface area contributed by atoms with Gasteiger partial charge in [0.05, 0.1) is 11.1 Å². The lowest BCUT2D eigenvalue weighted by Gasteiger charge is -2.02. The van der Waals surface area contributed by atoms with Gasteiger partial charge in [0.1, 0.15) is 18.5 Å². The topological polar surface area (TPSA) is 102 Å². The standard InChI is InChI=1S/C10H10N7P.C2H6/c11-9(7-1-12-5-13-2-7)16-10(17-18)8-3-14-6-15-4-8;1-2/h1-6H,18H2,(H2,11,16,17);1-2H3. The van der Waals surface area contributed by atoms with Crippen molar-refractivity contribution in [3.05, 3.63) is 48.6 Å². The zero-order chi connectivity index (χ0) is 14.8. The summed E-state index contributed by atoms with van der Waals surface area (Å²) in [5.74, 6) is 0.697. The number of rotatable bonds is 2. The van der Waals surface area contributed by atoms with E-state index in [9.17, 15) is 0 Å². The molecule has 2 heterocycles. The van der Waals surface area contributed by atoms with Crippen LogP contribution in [0, 0.1) is 0 Å². The molecule has 0 bridgehead atoms. The van der Waals surface area contributed by atoms with Crippen LogP contribution < -0.4 is 5.73 Å². The van der Waals surface area contributed by atoms with Crippen molar-refractivity contribution in [2.45, 2.75) is 13.8 Å². The SMILES string of the molecule is CC.NC(=N/C(=N\P)c1cncnc1)c1cncnc1. The van der Waals surface area contributed by atoms with Gasteiger partial charge in [-0.2, -0.15) is 0 Å². The average molecular weight is 289 g/mol. The Hall–Kier alpha value is -2.27. The van der Waals surface area contributed by atoms with Crippen molar-refractivity contribution < 1.29 is 0 Å². The van der Waals surface area contributed by atoms with Gasteiger partial charge < -0.3 is 5.73 Å². The summed E-state index contributed by atoms with van der Waals surface area (Å²) in [6, 6.07) is 0. The quantitative estimate of drug-likeness (QED) is 0.509. The fraction of sp³-hybridized carbons (Fsp3) is 0.167. The Morgan fingerprint density at radius 2 is 1.40 bits per heavy atom. The van der Waals surface area contributed by atoms with Gasteiger partial charge in [-0.15, -0.1) is 0 Å². The zero-order valence-corrected chi connectivity index (χ0v) is 12.5. The molecule has 0 amide bonds. The third-order valence-electron chi connectivity index (χ3n) is 2.02. The summed E-state index contributed by atoms with van der Waals surface area (Å²) >= 11 is 0. The number of nitrogens with zero attached hydrogens (tertiary/aromatic N) is 6. The third-order valence-corrected chi connectivity index (χ3v) is 2.27. The highest BCUT2D eigenvalue weighted by Crippen LogP contribution is 2.03. The minimum atomic E-state index is 0.278. The molecule has 104 valence electrons. The Kier molecular flexibility index (Phi) is 6.92. The maximum Gasteiger partial charge on any atom is 0.163 e. The van der Waals surface area contributed by atoms with E-state index in [4.69, 9.17) is 5.73 Å². The minimum absolute atomic E-state index is 0.278. The highest BCUT2D eigenvalue weighted by molar-refractivity contribution is 7.15. The van der Waals surface area contributed by atoms with E-state index < -0.39 is 0 Å². The summed E-state index contributed by atoms with van der Waals surface area (Å²) in [6.45, 7) is 4.00. The summed E-state index contributed by atoms with van der Waals surface area (Å²) in [6.07, 6.45) is 9.22. The number of hydrogen-bond donors (Lipinski definition) is 1. The second-order valence-electron chi connectivity index (χ2n) is 3.20. The Morgan fingerprint density at radius 1 is 0.950 bits per heavy atom. The van der Waals surface area contributed by atoms with Crippen LogP contribution in [0.4, 0.5) is 0 Å². The molecule has 2 aromatic heterocycles. The number of aliphatic imine (C=N–C) groups is 1. The van der Waals surface area contributed by atoms with Gasteiger partial charge in [-0.3, -0.25) is 0 Å². The van der Waals surface area contributed by atoms with Crippen LogP contribution in [0.1, 0.15) is 25.0 Å². The molecule has 0 saturated heterocycles. The van der Waals surface area contributed by atoms with E-state index in [1.54, 1.807) is 24.8 Å². The monoisotopic (exact) mass is 289 g/mol. The Balaban J connectivity index is 0.000000956. The molecule has 0 aliphatic rings. The molecule has 0 aliphatic carbocycles. The number of nitrogens with two attached hydrogens (primary N) is 1. The van der Waals surface area contributed by atoms with Crippen LogP contribution in [-0.4, -0.2) is 31.6 Å². The molecule has 7 nitrogen and oxygen atoms in total. The molecule has 2 aromatic rings. The predicted molar refractivity (Wildman–Crippen MR) is 82.4 cm³/mol. The lowest BCUT2D eigenvalue weighted by molar-refractivity contribution is 1.15. The molecule has 0 saturated carbocycles. The summed E-state index contributed by atoms with van der Waals surface area (Å²) < 4.78 is 3.97. The second-order valence-corrected chi connectivity index (χ2v) is 3.46. The molecule has 2 N–H and O–H groups in total. The van der Waals surface area contributed by atoms with Crippen LogP contribution in [0.3, 0.4) is 0 Å². The maximum atomic E-state index is 5.85. The Labute approximate surface area is 119 Å². The molecule has 2 rings (SSSR count). The first kappa shape index (κ1) is 15.8. The molecular weight excluding hydrogens is 273 g/mol. The van der Waals surface area contributed by atoms with Gasteiger partial charge >= 0.3 is 0 Å². The third kappa shape index (κ3) is 4.44. The number of amidine groups is 2.